The number of hydrogen-bond donors (Lipinski definition) is 2. The summed E-state index contributed by atoms with van der Waals surface area (Å²) >= 11 is 0. The third-order valence-electron chi connectivity index (χ3n) is 2.32. The van der Waals surface area contributed by atoms with Gasteiger partial charge >= 0.3 is 0 Å². The minimum Gasteiger partial charge on any atom is -0.326 e. The Morgan fingerprint density at radius 2 is 1.82 bits per heavy atom. The van der Waals surface area contributed by atoms with Crippen LogP contribution in [0.3, 0.4) is 0 Å². The van der Waals surface area contributed by atoms with Crippen LogP contribution >= 0.6 is 0 Å². The van der Waals surface area contributed by atoms with Gasteiger partial charge in [0.1, 0.15) is 0 Å². The number of nitrogens with zero attached hydrogens (tertiary/aromatic N) is 1. The lowest BCUT2D eigenvalue weighted by molar-refractivity contribution is 0.412. The van der Waals surface area contributed by atoms with Crippen molar-refractivity contribution in [3.63, 3.8) is 0 Å². The predicted octanol–water partition coefficient (Wildman–Crippen LogP) is -0.0148. The van der Waals surface area contributed by atoms with Crippen LogP contribution in [-0.4, -0.2) is 40.5 Å². The van der Waals surface area contributed by atoms with E-state index in [0.717, 1.165) is 5.56 Å². The smallest absolute Gasteiger partial charge is 0.240 e. The fraction of sp³-hybridized carbons (Fsp3) is 0.455. The summed E-state index contributed by atoms with van der Waals surface area (Å²) in [6, 6.07) is 6.58. The van der Waals surface area contributed by atoms with Crippen molar-refractivity contribution in [2.24, 2.45) is 5.73 Å². The number of benzene rings is 1. The maximum atomic E-state index is 11.9. The second-order valence-electron chi connectivity index (χ2n) is 4.05. The van der Waals surface area contributed by atoms with Gasteiger partial charge in [-0.2, -0.15) is 0 Å². The molecule has 0 saturated carbocycles. The second-order valence-corrected chi connectivity index (χ2v) is 5.82. The summed E-state index contributed by atoms with van der Waals surface area (Å²) in [6.07, 6.45) is 0. The van der Waals surface area contributed by atoms with E-state index in [2.05, 4.69) is 4.72 Å². The molecule has 0 aliphatic heterocycles. The molecule has 0 fully saturated rings. The molecule has 0 atom stereocenters. The van der Waals surface area contributed by atoms with Gasteiger partial charge in [0, 0.05) is 19.6 Å². The van der Waals surface area contributed by atoms with Gasteiger partial charge in [-0.25, -0.2) is 13.1 Å². The zero-order valence-electron chi connectivity index (χ0n) is 10.2. The number of rotatable bonds is 6. The number of sulfonamides is 1. The molecule has 1 aromatic rings. The van der Waals surface area contributed by atoms with Crippen LogP contribution in [0.2, 0.25) is 0 Å². The Bertz CT molecular complexity index is 440. The molecule has 0 aromatic heterocycles. The van der Waals surface area contributed by atoms with Crippen LogP contribution in [0.5, 0.6) is 0 Å². The van der Waals surface area contributed by atoms with Crippen molar-refractivity contribution in [2.75, 3.05) is 27.2 Å². The zero-order valence-corrected chi connectivity index (χ0v) is 11.0. The summed E-state index contributed by atoms with van der Waals surface area (Å²) < 4.78 is 26.2. The molecule has 17 heavy (non-hydrogen) atoms. The van der Waals surface area contributed by atoms with E-state index in [0.29, 0.717) is 19.6 Å². The molecule has 5 nitrogen and oxygen atoms in total. The van der Waals surface area contributed by atoms with Gasteiger partial charge in [-0.3, -0.25) is 0 Å². The molecule has 96 valence electrons. The van der Waals surface area contributed by atoms with Gasteiger partial charge in [0.05, 0.1) is 4.90 Å². The molecule has 1 rings (SSSR count). The molecule has 0 amide bonds. The van der Waals surface area contributed by atoms with Crippen LogP contribution in [0.25, 0.3) is 0 Å². The van der Waals surface area contributed by atoms with Gasteiger partial charge in [0.25, 0.3) is 0 Å². The lowest BCUT2D eigenvalue weighted by atomic mass is 10.2. The van der Waals surface area contributed by atoms with Crippen molar-refractivity contribution >= 4 is 10.0 Å². The summed E-state index contributed by atoms with van der Waals surface area (Å²) in [4.78, 5) is 2.19. The summed E-state index contributed by atoms with van der Waals surface area (Å²) in [5.74, 6) is 0. The lowest BCUT2D eigenvalue weighted by Gasteiger charge is -2.11. The van der Waals surface area contributed by atoms with Crippen LogP contribution < -0.4 is 10.5 Å². The fourth-order valence-electron chi connectivity index (χ4n) is 1.29. The normalized spacial score (nSPS) is 12.0. The average molecular weight is 257 g/mol. The maximum Gasteiger partial charge on any atom is 0.240 e. The Morgan fingerprint density at radius 3 is 2.29 bits per heavy atom. The highest BCUT2D eigenvalue weighted by Crippen LogP contribution is 2.09. The number of nitrogens with one attached hydrogen (secondary N) is 1. The summed E-state index contributed by atoms with van der Waals surface area (Å²) in [5, 5.41) is 0. The quantitative estimate of drug-likeness (QED) is 0.751. The van der Waals surface area contributed by atoms with E-state index >= 15 is 0 Å². The molecule has 0 heterocycles. The number of hydrogen-bond acceptors (Lipinski definition) is 4. The van der Waals surface area contributed by atoms with Crippen LogP contribution in [0.15, 0.2) is 29.2 Å². The number of likely N-dealkylation sites (N-methyl/N-ethyl adjacent to an activating group) is 1. The lowest BCUT2D eigenvalue weighted by Crippen LogP contribution is -2.31. The highest BCUT2D eigenvalue weighted by atomic mass is 32.2. The second kappa shape index (κ2) is 6.11. The topological polar surface area (TPSA) is 75.4 Å². The van der Waals surface area contributed by atoms with Crippen molar-refractivity contribution in [2.45, 2.75) is 11.4 Å². The Labute approximate surface area is 103 Å². The first-order valence-corrected chi connectivity index (χ1v) is 6.87. The van der Waals surface area contributed by atoms with Gasteiger partial charge in [-0.15, -0.1) is 0 Å². The first-order valence-electron chi connectivity index (χ1n) is 5.39. The van der Waals surface area contributed by atoms with Gasteiger partial charge in [0.2, 0.25) is 10.0 Å². The van der Waals surface area contributed by atoms with Crippen molar-refractivity contribution in [3.8, 4) is 0 Å². The van der Waals surface area contributed by atoms with Crippen molar-refractivity contribution in [1.29, 1.82) is 0 Å². The highest BCUT2D eigenvalue weighted by molar-refractivity contribution is 7.89. The number of nitrogens with two attached hydrogens (primary N) is 1. The molecule has 0 unspecified atom stereocenters. The van der Waals surface area contributed by atoms with Crippen LogP contribution in [-0.2, 0) is 16.6 Å². The van der Waals surface area contributed by atoms with Gasteiger partial charge in [-0.1, -0.05) is 12.1 Å². The molecule has 0 aliphatic carbocycles. The summed E-state index contributed by atoms with van der Waals surface area (Å²) in [5.41, 5.74) is 6.37. The first-order chi connectivity index (χ1) is 7.95. The molecule has 0 saturated heterocycles. The van der Waals surface area contributed by atoms with E-state index < -0.39 is 10.0 Å². The molecule has 6 heteroatoms. The van der Waals surface area contributed by atoms with Gasteiger partial charge in [0.15, 0.2) is 0 Å². The third kappa shape index (κ3) is 4.43. The van der Waals surface area contributed by atoms with Crippen LogP contribution in [0.1, 0.15) is 5.56 Å². The first kappa shape index (κ1) is 14.1. The Hall–Kier alpha value is -0.950. The highest BCUT2D eigenvalue weighted by Gasteiger charge is 2.12. The van der Waals surface area contributed by atoms with Crippen LogP contribution in [0, 0.1) is 0 Å². The molecule has 1 aromatic carbocycles. The molecule has 3 N–H and O–H groups in total. The largest absolute Gasteiger partial charge is 0.326 e. The summed E-state index contributed by atoms with van der Waals surface area (Å²) in [7, 11) is 0.388. The van der Waals surface area contributed by atoms with Crippen molar-refractivity contribution in [1.82, 2.24) is 9.62 Å². The van der Waals surface area contributed by atoms with Crippen molar-refractivity contribution < 1.29 is 8.42 Å². The minimum atomic E-state index is -3.40. The van der Waals surface area contributed by atoms with E-state index in [1.165, 1.54) is 0 Å². The molecule has 0 bridgehead atoms. The molecule has 0 aliphatic rings. The molecular weight excluding hydrogens is 238 g/mol. The summed E-state index contributed by atoms with van der Waals surface area (Å²) in [6.45, 7) is 1.47. The van der Waals surface area contributed by atoms with Crippen molar-refractivity contribution in [3.05, 3.63) is 29.8 Å². The molecule has 0 spiro atoms. The monoisotopic (exact) mass is 257 g/mol. The Balaban J connectivity index is 2.68. The van der Waals surface area contributed by atoms with E-state index in [-0.39, 0.29) is 4.90 Å². The van der Waals surface area contributed by atoms with Crippen LogP contribution in [0.4, 0.5) is 0 Å². The van der Waals surface area contributed by atoms with Gasteiger partial charge in [-0.05, 0) is 31.8 Å². The molecular formula is C11H19N3O2S. The Kier molecular flexibility index (Phi) is 5.07. The average Bonchev–Trinajstić information content (AvgIpc) is 2.28. The SMILES string of the molecule is CN(C)CCNS(=O)(=O)c1ccc(CN)cc1. The Morgan fingerprint density at radius 1 is 1.24 bits per heavy atom. The van der Waals surface area contributed by atoms with E-state index in [9.17, 15) is 8.42 Å². The van der Waals surface area contributed by atoms with E-state index in [1.807, 2.05) is 19.0 Å². The van der Waals surface area contributed by atoms with E-state index in [1.54, 1.807) is 24.3 Å². The van der Waals surface area contributed by atoms with E-state index in [4.69, 9.17) is 5.73 Å². The third-order valence-corrected chi connectivity index (χ3v) is 3.80. The standard InChI is InChI=1S/C11H19N3O2S/c1-14(2)8-7-13-17(15,16)11-5-3-10(9-12)4-6-11/h3-6,13H,7-9,12H2,1-2H3. The zero-order chi connectivity index (χ0) is 12.9. The molecule has 0 radical (unpaired) electrons. The van der Waals surface area contributed by atoms with Gasteiger partial charge < -0.3 is 10.6 Å². The minimum absolute atomic E-state index is 0.272. The maximum absolute atomic E-state index is 11.9. The fourth-order valence-corrected chi connectivity index (χ4v) is 2.31. The predicted molar refractivity (Wildman–Crippen MR) is 68.1 cm³/mol.